The van der Waals surface area contributed by atoms with Crippen molar-refractivity contribution in [2.24, 2.45) is 11.1 Å². The number of carbonyl (C=O) groups is 1. The van der Waals surface area contributed by atoms with Gasteiger partial charge in [-0.15, -0.1) is 0 Å². The van der Waals surface area contributed by atoms with Gasteiger partial charge in [-0.05, 0) is 31.7 Å². The Balaban J connectivity index is 2.26. The lowest BCUT2D eigenvalue weighted by Gasteiger charge is -2.17. The summed E-state index contributed by atoms with van der Waals surface area (Å²) in [6.45, 7) is 3.09. The first-order valence-electron chi connectivity index (χ1n) is 6.31. The van der Waals surface area contributed by atoms with Crippen LogP contribution in [0.5, 0.6) is 0 Å². The molecule has 0 aromatic carbocycles. The number of aromatic nitrogens is 1. The van der Waals surface area contributed by atoms with Crippen molar-refractivity contribution in [1.82, 2.24) is 9.47 Å². The molecule has 1 aliphatic rings. The lowest BCUT2D eigenvalue weighted by atomic mass is 10.3. The van der Waals surface area contributed by atoms with E-state index >= 15 is 0 Å². The first kappa shape index (κ1) is 14.1. The number of aryl methyl sites for hydroxylation is 1. The number of primary sulfonamides is 1. The van der Waals surface area contributed by atoms with E-state index in [2.05, 4.69) is 0 Å². The van der Waals surface area contributed by atoms with Crippen LogP contribution >= 0.6 is 0 Å². The van der Waals surface area contributed by atoms with Crippen LogP contribution in [0, 0.1) is 5.92 Å². The maximum atomic E-state index is 12.3. The fraction of sp³-hybridized carbons (Fsp3) is 0.583. The third-order valence-corrected chi connectivity index (χ3v) is 4.22. The zero-order valence-corrected chi connectivity index (χ0v) is 12.0. The van der Waals surface area contributed by atoms with E-state index in [9.17, 15) is 13.2 Å². The maximum Gasteiger partial charge on any atom is 0.270 e. The molecule has 0 spiro atoms. The zero-order chi connectivity index (χ0) is 14.2. The number of nitrogens with two attached hydrogens (primary N) is 1. The van der Waals surface area contributed by atoms with Crippen LogP contribution in [0.3, 0.4) is 0 Å². The first-order chi connectivity index (χ1) is 8.82. The number of hydrogen-bond acceptors (Lipinski definition) is 3. The normalized spacial score (nSPS) is 15.5. The molecule has 1 amide bonds. The summed E-state index contributed by atoms with van der Waals surface area (Å²) in [5.41, 5.74) is 0.370. The van der Waals surface area contributed by atoms with Crippen molar-refractivity contribution in [3.63, 3.8) is 0 Å². The Morgan fingerprint density at radius 2 is 2.16 bits per heavy atom. The van der Waals surface area contributed by atoms with Crippen LogP contribution in [0.2, 0.25) is 0 Å². The molecular formula is C12H19N3O3S. The number of rotatable bonds is 5. The standard InChI is InChI=1S/C12H19N3O3S/c1-3-15-8-10(19(13,17)18)6-11(15)12(16)14(2)7-9-4-5-9/h6,8-9H,3-5,7H2,1-2H3,(H2,13,17,18). The largest absolute Gasteiger partial charge is 0.342 e. The summed E-state index contributed by atoms with van der Waals surface area (Å²) >= 11 is 0. The van der Waals surface area contributed by atoms with Crippen LogP contribution < -0.4 is 5.14 Å². The molecule has 1 heterocycles. The van der Waals surface area contributed by atoms with Crippen LogP contribution in [-0.4, -0.2) is 37.4 Å². The number of nitrogens with zero attached hydrogens (tertiary/aromatic N) is 2. The van der Waals surface area contributed by atoms with Crippen molar-refractivity contribution in [1.29, 1.82) is 0 Å². The second-order valence-corrected chi connectivity index (χ2v) is 6.58. The molecule has 2 rings (SSSR count). The van der Waals surface area contributed by atoms with Crippen molar-refractivity contribution >= 4 is 15.9 Å². The molecule has 0 bridgehead atoms. The third kappa shape index (κ3) is 3.16. The summed E-state index contributed by atoms with van der Waals surface area (Å²) in [5.74, 6) is 0.431. The minimum Gasteiger partial charge on any atom is -0.342 e. The van der Waals surface area contributed by atoms with E-state index < -0.39 is 10.0 Å². The van der Waals surface area contributed by atoms with E-state index in [0.29, 0.717) is 18.2 Å². The quantitative estimate of drug-likeness (QED) is 0.861. The molecule has 0 unspecified atom stereocenters. The van der Waals surface area contributed by atoms with Gasteiger partial charge in [0.25, 0.3) is 5.91 Å². The second-order valence-electron chi connectivity index (χ2n) is 5.02. The van der Waals surface area contributed by atoms with Crippen molar-refractivity contribution < 1.29 is 13.2 Å². The van der Waals surface area contributed by atoms with E-state index in [0.717, 1.165) is 19.4 Å². The Labute approximate surface area is 113 Å². The van der Waals surface area contributed by atoms with Gasteiger partial charge < -0.3 is 9.47 Å². The maximum absolute atomic E-state index is 12.3. The van der Waals surface area contributed by atoms with Gasteiger partial charge in [0, 0.05) is 26.3 Å². The minimum absolute atomic E-state index is 0.0162. The molecule has 1 aromatic rings. The lowest BCUT2D eigenvalue weighted by molar-refractivity contribution is 0.0778. The van der Waals surface area contributed by atoms with Crippen molar-refractivity contribution in [2.45, 2.75) is 31.2 Å². The van der Waals surface area contributed by atoms with Gasteiger partial charge in [0.15, 0.2) is 0 Å². The zero-order valence-electron chi connectivity index (χ0n) is 11.2. The highest BCUT2D eigenvalue weighted by Gasteiger charge is 2.27. The van der Waals surface area contributed by atoms with Crippen molar-refractivity contribution in [3.8, 4) is 0 Å². The molecular weight excluding hydrogens is 266 g/mol. The van der Waals surface area contributed by atoms with Gasteiger partial charge in [0.05, 0.1) is 0 Å². The smallest absolute Gasteiger partial charge is 0.270 e. The molecule has 1 aromatic heterocycles. The van der Waals surface area contributed by atoms with E-state index in [1.54, 1.807) is 16.5 Å². The highest BCUT2D eigenvalue weighted by molar-refractivity contribution is 7.89. The lowest BCUT2D eigenvalue weighted by Crippen LogP contribution is -2.30. The molecule has 0 saturated heterocycles. The molecule has 0 radical (unpaired) electrons. The Morgan fingerprint density at radius 3 is 2.63 bits per heavy atom. The van der Waals surface area contributed by atoms with Crippen LogP contribution in [-0.2, 0) is 16.6 Å². The Bertz CT molecular complexity index is 587. The summed E-state index contributed by atoms with van der Waals surface area (Å²) in [5, 5.41) is 5.09. The van der Waals surface area contributed by atoms with Gasteiger partial charge >= 0.3 is 0 Å². The predicted octanol–water partition coefficient (Wildman–Crippen LogP) is 0.637. The van der Waals surface area contributed by atoms with Gasteiger partial charge in [0.2, 0.25) is 10.0 Å². The van der Waals surface area contributed by atoms with Gasteiger partial charge in [-0.3, -0.25) is 4.79 Å². The monoisotopic (exact) mass is 285 g/mol. The molecule has 0 aliphatic heterocycles. The van der Waals surface area contributed by atoms with Gasteiger partial charge in [0.1, 0.15) is 10.6 Å². The summed E-state index contributed by atoms with van der Waals surface area (Å²) in [6.07, 6.45) is 3.73. The van der Waals surface area contributed by atoms with E-state index in [4.69, 9.17) is 5.14 Å². The molecule has 1 saturated carbocycles. The molecule has 1 fully saturated rings. The van der Waals surface area contributed by atoms with Crippen LogP contribution in [0.1, 0.15) is 30.3 Å². The molecule has 0 atom stereocenters. The van der Waals surface area contributed by atoms with Crippen LogP contribution in [0.15, 0.2) is 17.2 Å². The Hall–Kier alpha value is -1.34. The topological polar surface area (TPSA) is 85.4 Å². The van der Waals surface area contributed by atoms with Gasteiger partial charge in [-0.2, -0.15) is 0 Å². The van der Waals surface area contributed by atoms with E-state index in [1.165, 1.54) is 12.3 Å². The first-order valence-corrected chi connectivity index (χ1v) is 7.86. The second kappa shape index (κ2) is 4.97. The van der Waals surface area contributed by atoms with Crippen LogP contribution in [0.25, 0.3) is 0 Å². The van der Waals surface area contributed by atoms with Crippen LogP contribution in [0.4, 0.5) is 0 Å². The number of hydrogen-bond donors (Lipinski definition) is 1. The van der Waals surface area contributed by atoms with E-state index in [-0.39, 0.29) is 10.8 Å². The molecule has 2 N–H and O–H groups in total. The minimum atomic E-state index is -3.78. The molecule has 19 heavy (non-hydrogen) atoms. The fourth-order valence-electron chi connectivity index (χ4n) is 2.05. The van der Waals surface area contributed by atoms with Gasteiger partial charge in [-0.1, -0.05) is 0 Å². The summed E-state index contributed by atoms with van der Waals surface area (Å²) in [6, 6.07) is 1.35. The Kier molecular flexibility index (Phi) is 3.69. The summed E-state index contributed by atoms with van der Waals surface area (Å²) < 4.78 is 24.3. The average molecular weight is 285 g/mol. The highest BCUT2D eigenvalue weighted by atomic mass is 32.2. The molecule has 6 nitrogen and oxygen atoms in total. The third-order valence-electron chi connectivity index (χ3n) is 3.34. The summed E-state index contributed by atoms with van der Waals surface area (Å²) in [7, 11) is -2.04. The van der Waals surface area contributed by atoms with E-state index in [1.807, 2.05) is 6.92 Å². The van der Waals surface area contributed by atoms with Crippen molar-refractivity contribution in [3.05, 3.63) is 18.0 Å². The van der Waals surface area contributed by atoms with Crippen molar-refractivity contribution in [2.75, 3.05) is 13.6 Å². The fourth-order valence-corrected chi connectivity index (χ4v) is 2.60. The average Bonchev–Trinajstić information content (AvgIpc) is 3.02. The van der Waals surface area contributed by atoms with Gasteiger partial charge in [-0.25, -0.2) is 13.6 Å². The molecule has 106 valence electrons. The SMILES string of the molecule is CCn1cc(S(N)(=O)=O)cc1C(=O)N(C)CC1CC1. The number of amides is 1. The summed E-state index contributed by atoms with van der Waals surface area (Å²) in [4.78, 5) is 13.9. The predicted molar refractivity (Wildman–Crippen MR) is 71.2 cm³/mol. The number of sulfonamides is 1. The number of carbonyl (C=O) groups excluding carboxylic acids is 1. The molecule has 7 heteroatoms. The highest BCUT2D eigenvalue weighted by Crippen LogP contribution is 2.29. The molecule has 1 aliphatic carbocycles. The Morgan fingerprint density at radius 1 is 1.53 bits per heavy atom.